The number of halogens is 1. The van der Waals surface area contributed by atoms with Crippen LogP contribution in [0.15, 0.2) is 24.5 Å². The summed E-state index contributed by atoms with van der Waals surface area (Å²) in [5, 5.41) is 2.76. The summed E-state index contributed by atoms with van der Waals surface area (Å²) in [6.07, 6.45) is 3.58. The smallest absolute Gasteiger partial charge is 0.252 e. The fraction of sp³-hybridized carbons (Fsp3) is 0.200. The number of rotatable bonds is 2. The first-order valence-corrected chi connectivity index (χ1v) is 5.71. The van der Waals surface area contributed by atoms with Crippen molar-refractivity contribution in [3.63, 3.8) is 0 Å². The van der Waals surface area contributed by atoms with Gasteiger partial charge >= 0.3 is 0 Å². The van der Waals surface area contributed by atoms with Crippen molar-refractivity contribution >= 4 is 34.1 Å². The molecule has 1 N–H and O–H groups in total. The van der Waals surface area contributed by atoms with E-state index in [2.05, 4.69) is 32.9 Å². The molecule has 0 aliphatic carbocycles. The highest BCUT2D eigenvalue weighted by molar-refractivity contribution is 14.1. The molecule has 15 heavy (non-hydrogen) atoms. The molecule has 2 aromatic rings. The molecule has 2 aromatic heterocycles. The summed E-state index contributed by atoms with van der Waals surface area (Å²) in [4.78, 5) is 15.8. The fourth-order valence-electron chi connectivity index (χ4n) is 1.35. The van der Waals surface area contributed by atoms with Crippen molar-refractivity contribution in [3.05, 3.63) is 33.8 Å². The maximum Gasteiger partial charge on any atom is 0.252 e. The van der Waals surface area contributed by atoms with Crippen LogP contribution in [0.1, 0.15) is 17.3 Å². The molecule has 0 aliphatic heterocycles. The number of nitrogens with one attached hydrogen (secondary N) is 1. The van der Waals surface area contributed by atoms with Gasteiger partial charge in [-0.3, -0.25) is 9.20 Å². The van der Waals surface area contributed by atoms with Crippen LogP contribution in [0.2, 0.25) is 0 Å². The fourth-order valence-corrected chi connectivity index (χ4v) is 1.87. The van der Waals surface area contributed by atoms with E-state index in [1.54, 1.807) is 18.5 Å². The zero-order chi connectivity index (χ0) is 10.8. The number of carbonyl (C=O) groups is 1. The number of pyridine rings is 1. The Kier molecular flexibility index (Phi) is 2.90. The Hall–Kier alpha value is -1.11. The highest BCUT2D eigenvalue weighted by Crippen LogP contribution is 2.10. The van der Waals surface area contributed by atoms with E-state index in [-0.39, 0.29) is 5.91 Å². The Bertz CT molecular complexity index is 506. The SMILES string of the molecule is CCNC(=O)c1ccc2ncc(I)n2c1. The predicted octanol–water partition coefficient (Wildman–Crippen LogP) is 1.69. The largest absolute Gasteiger partial charge is 0.352 e. The molecule has 0 saturated heterocycles. The molecule has 5 heteroatoms. The minimum absolute atomic E-state index is 0.0519. The van der Waals surface area contributed by atoms with Gasteiger partial charge in [0, 0.05) is 12.7 Å². The lowest BCUT2D eigenvalue weighted by Crippen LogP contribution is -2.22. The van der Waals surface area contributed by atoms with E-state index in [4.69, 9.17) is 0 Å². The number of aromatic nitrogens is 2. The maximum atomic E-state index is 11.6. The molecular weight excluding hydrogens is 305 g/mol. The number of carbonyl (C=O) groups excluding carboxylic acids is 1. The molecule has 78 valence electrons. The molecule has 2 heterocycles. The van der Waals surface area contributed by atoms with E-state index < -0.39 is 0 Å². The van der Waals surface area contributed by atoms with Crippen LogP contribution < -0.4 is 5.32 Å². The van der Waals surface area contributed by atoms with E-state index in [0.717, 1.165) is 9.35 Å². The lowest BCUT2D eigenvalue weighted by atomic mass is 10.2. The zero-order valence-corrected chi connectivity index (χ0v) is 10.4. The van der Waals surface area contributed by atoms with Crippen LogP contribution in [0, 0.1) is 3.70 Å². The third kappa shape index (κ3) is 1.97. The third-order valence-corrected chi connectivity index (χ3v) is 2.86. The topological polar surface area (TPSA) is 46.4 Å². The molecule has 0 aliphatic rings. The monoisotopic (exact) mass is 315 g/mol. The lowest BCUT2D eigenvalue weighted by molar-refractivity contribution is 0.0955. The molecule has 0 unspecified atom stereocenters. The Labute approximate surface area is 101 Å². The van der Waals surface area contributed by atoms with E-state index in [9.17, 15) is 4.79 Å². The predicted molar refractivity (Wildman–Crippen MR) is 65.9 cm³/mol. The molecule has 0 fully saturated rings. The highest BCUT2D eigenvalue weighted by atomic mass is 127. The summed E-state index contributed by atoms with van der Waals surface area (Å²) >= 11 is 2.18. The van der Waals surface area contributed by atoms with E-state index in [0.29, 0.717) is 12.1 Å². The maximum absolute atomic E-state index is 11.6. The van der Waals surface area contributed by atoms with Gasteiger partial charge in [-0.25, -0.2) is 4.98 Å². The van der Waals surface area contributed by atoms with Crippen molar-refractivity contribution in [2.24, 2.45) is 0 Å². The zero-order valence-electron chi connectivity index (χ0n) is 8.20. The number of fused-ring (bicyclic) bond motifs is 1. The molecule has 0 atom stereocenters. The van der Waals surface area contributed by atoms with Gasteiger partial charge in [-0.15, -0.1) is 0 Å². The number of nitrogens with zero attached hydrogens (tertiary/aromatic N) is 2. The van der Waals surface area contributed by atoms with E-state index >= 15 is 0 Å². The molecule has 0 spiro atoms. The second-order valence-electron chi connectivity index (χ2n) is 3.09. The van der Waals surface area contributed by atoms with Gasteiger partial charge < -0.3 is 5.32 Å². The average Bonchev–Trinajstić information content (AvgIpc) is 2.60. The minimum Gasteiger partial charge on any atom is -0.352 e. The molecule has 0 bridgehead atoms. The van der Waals surface area contributed by atoms with Gasteiger partial charge in [0.25, 0.3) is 5.91 Å². The van der Waals surface area contributed by atoms with E-state index in [1.807, 2.05) is 17.4 Å². The number of amides is 1. The van der Waals surface area contributed by atoms with Gasteiger partial charge in [0.15, 0.2) is 0 Å². The van der Waals surface area contributed by atoms with Crippen molar-refractivity contribution in [3.8, 4) is 0 Å². The molecule has 2 rings (SSSR count). The number of hydrogen-bond acceptors (Lipinski definition) is 2. The quantitative estimate of drug-likeness (QED) is 0.857. The first-order chi connectivity index (χ1) is 7.22. The summed E-state index contributed by atoms with van der Waals surface area (Å²) in [5.41, 5.74) is 1.51. The summed E-state index contributed by atoms with van der Waals surface area (Å²) < 4.78 is 2.89. The molecular formula is C10H10IN3O. The third-order valence-electron chi connectivity index (χ3n) is 2.06. The van der Waals surface area contributed by atoms with Crippen LogP contribution >= 0.6 is 22.6 Å². The Morgan fingerprint density at radius 2 is 2.40 bits per heavy atom. The van der Waals surface area contributed by atoms with Crippen LogP contribution in [0.25, 0.3) is 5.65 Å². The minimum atomic E-state index is -0.0519. The normalized spacial score (nSPS) is 10.5. The van der Waals surface area contributed by atoms with Crippen molar-refractivity contribution in [2.75, 3.05) is 6.54 Å². The Balaban J connectivity index is 2.45. The summed E-state index contributed by atoms with van der Waals surface area (Å²) in [6.45, 7) is 2.54. The van der Waals surface area contributed by atoms with Gasteiger partial charge in [0.05, 0.1) is 11.8 Å². The number of imidazole rings is 1. The standard InChI is InChI=1S/C10H10IN3O/c1-2-12-10(15)7-3-4-9-13-5-8(11)14(9)6-7/h3-6H,2H2,1H3,(H,12,15). The average molecular weight is 315 g/mol. The van der Waals surface area contributed by atoms with Crippen molar-refractivity contribution in [1.29, 1.82) is 0 Å². The van der Waals surface area contributed by atoms with Crippen LogP contribution in [-0.4, -0.2) is 21.8 Å². The van der Waals surface area contributed by atoms with Crippen LogP contribution in [-0.2, 0) is 0 Å². The molecule has 0 radical (unpaired) electrons. The van der Waals surface area contributed by atoms with Gasteiger partial charge in [-0.05, 0) is 41.6 Å². The van der Waals surface area contributed by atoms with Gasteiger partial charge in [-0.2, -0.15) is 0 Å². The summed E-state index contributed by atoms with van der Waals surface area (Å²) in [7, 11) is 0. The summed E-state index contributed by atoms with van der Waals surface area (Å²) in [6, 6.07) is 3.62. The van der Waals surface area contributed by atoms with Gasteiger partial charge in [0.2, 0.25) is 0 Å². The number of hydrogen-bond donors (Lipinski definition) is 1. The van der Waals surface area contributed by atoms with Gasteiger partial charge in [0.1, 0.15) is 9.35 Å². The summed E-state index contributed by atoms with van der Waals surface area (Å²) in [5.74, 6) is -0.0519. The van der Waals surface area contributed by atoms with Crippen molar-refractivity contribution in [1.82, 2.24) is 14.7 Å². The second-order valence-corrected chi connectivity index (χ2v) is 4.19. The van der Waals surface area contributed by atoms with Crippen LogP contribution in [0.3, 0.4) is 0 Å². The van der Waals surface area contributed by atoms with E-state index in [1.165, 1.54) is 0 Å². The Morgan fingerprint density at radius 1 is 1.60 bits per heavy atom. The van der Waals surface area contributed by atoms with Gasteiger partial charge in [-0.1, -0.05) is 0 Å². The molecule has 1 amide bonds. The Morgan fingerprint density at radius 3 is 3.13 bits per heavy atom. The first-order valence-electron chi connectivity index (χ1n) is 4.63. The molecule has 0 saturated carbocycles. The second kappa shape index (κ2) is 4.18. The highest BCUT2D eigenvalue weighted by Gasteiger charge is 2.06. The van der Waals surface area contributed by atoms with Crippen LogP contribution in [0.5, 0.6) is 0 Å². The van der Waals surface area contributed by atoms with Crippen LogP contribution in [0.4, 0.5) is 0 Å². The van der Waals surface area contributed by atoms with Crippen molar-refractivity contribution < 1.29 is 4.79 Å². The molecule has 0 aromatic carbocycles. The lowest BCUT2D eigenvalue weighted by Gasteiger charge is -2.03. The first kappa shape index (κ1) is 10.4. The molecule has 4 nitrogen and oxygen atoms in total. The van der Waals surface area contributed by atoms with Crippen molar-refractivity contribution in [2.45, 2.75) is 6.92 Å².